The summed E-state index contributed by atoms with van der Waals surface area (Å²) in [4.78, 5) is 31.8. The van der Waals surface area contributed by atoms with Crippen LogP contribution >= 0.6 is 27.3 Å². The molecule has 1 aliphatic heterocycles. The second-order valence-electron chi connectivity index (χ2n) is 11.5. The number of imidazole rings is 1. The number of benzene rings is 1. The van der Waals surface area contributed by atoms with Gasteiger partial charge in [0.25, 0.3) is 0 Å². The third-order valence-electron chi connectivity index (χ3n) is 7.41. The number of piperazine rings is 1. The summed E-state index contributed by atoms with van der Waals surface area (Å²) in [6.45, 7) is 11.3. The van der Waals surface area contributed by atoms with Gasteiger partial charge < -0.3 is 19.1 Å². The van der Waals surface area contributed by atoms with E-state index in [1.54, 1.807) is 17.5 Å². The molecular formula is C29H34BrN7O2SSi. The number of hydrogen-bond donors (Lipinski definition) is 0. The lowest BCUT2D eigenvalue weighted by molar-refractivity contribution is -0.132. The molecule has 9 nitrogen and oxygen atoms in total. The van der Waals surface area contributed by atoms with Crippen molar-refractivity contribution in [2.24, 2.45) is 0 Å². The van der Waals surface area contributed by atoms with E-state index in [0.29, 0.717) is 26.4 Å². The molecule has 4 aromatic heterocycles. The average Bonchev–Trinajstić information content (AvgIpc) is 3.66. The number of amides is 1. The molecule has 0 N–H and O–H groups in total. The van der Waals surface area contributed by atoms with Gasteiger partial charge in [-0.2, -0.15) is 0 Å². The second kappa shape index (κ2) is 11.7. The molecule has 0 aliphatic carbocycles. The smallest absolute Gasteiger partial charge is 0.242 e. The lowest BCUT2D eigenvalue weighted by Crippen LogP contribution is -2.49. The zero-order chi connectivity index (χ0) is 28.6. The maximum atomic E-state index is 13.2. The monoisotopic (exact) mass is 651 g/mol. The molecule has 1 fully saturated rings. The molecule has 0 unspecified atom stereocenters. The van der Waals surface area contributed by atoms with E-state index >= 15 is 0 Å². The molecule has 5 heterocycles. The summed E-state index contributed by atoms with van der Waals surface area (Å²) in [7, 11) is -1.19. The van der Waals surface area contributed by atoms with Crippen LogP contribution < -0.4 is 4.90 Å². The number of ether oxygens (including phenoxy) is 1. The van der Waals surface area contributed by atoms with Crippen LogP contribution in [-0.2, 0) is 22.8 Å². The number of anilines is 1. The fourth-order valence-corrected chi connectivity index (χ4v) is 7.36. The normalized spacial score (nSPS) is 14.4. The van der Waals surface area contributed by atoms with Crippen molar-refractivity contribution in [3.8, 4) is 11.5 Å². The molecule has 1 saturated heterocycles. The highest BCUT2D eigenvalue weighted by Crippen LogP contribution is 2.39. The number of carbonyl (C=O) groups is 1. The summed E-state index contributed by atoms with van der Waals surface area (Å²) in [5.74, 6) is 0.914. The van der Waals surface area contributed by atoms with Crippen LogP contribution in [0, 0.1) is 0 Å². The van der Waals surface area contributed by atoms with Gasteiger partial charge in [0.05, 0.1) is 11.0 Å². The van der Waals surface area contributed by atoms with Crippen LogP contribution in [0.2, 0.25) is 25.7 Å². The first-order chi connectivity index (χ1) is 19.8. The van der Waals surface area contributed by atoms with Crippen molar-refractivity contribution in [3.05, 3.63) is 58.8 Å². The van der Waals surface area contributed by atoms with E-state index in [-0.39, 0.29) is 5.91 Å². The molecule has 41 heavy (non-hydrogen) atoms. The van der Waals surface area contributed by atoms with E-state index in [0.717, 1.165) is 68.2 Å². The number of halogens is 1. The van der Waals surface area contributed by atoms with Gasteiger partial charge in [0.2, 0.25) is 5.91 Å². The zero-order valence-electron chi connectivity index (χ0n) is 23.6. The van der Waals surface area contributed by atoms with Gasteiger partial charge in [0.15, 0.2) is 9.74 Å². The molecule has 1 aliphatic rings. The predicted molar refractivity (Wildman–Crippen MR) is 171 cm³/mol. The molecule has 0 radical (unpaired) electrons. The number of para-hydroxylation sites is 2. The van der Waals surface area contributed by atoms with E-state index in [2.05, 4.69) is 56.1 Å². The van der Waals surface area contributed by atoms with Crippen LogP contribution in [-0.4, -0.2) is 75.8 Å². The lowest BCUT2D eigenvalue weighted by atomic mass is 10.3. The van der Waals surface area contributed by atoms with Gasteiger partial charge in [-0.15, -0.1) is 0 Å². The minimum Gasteiger partial charge on any atom is -0.361 e. The van der Waals surface area contributed by atoms with E-state index in [4.69, 9.17) is 14.7 Å². The van der Waals surface area contributed by atoms with Crippen LogP contribution in [0.5, 0.6) is 0 Å². The molecular weight excluding hydrogens is 618 g/mol. The molecule has 5 aromatic rings. The van der Waals surface area contributed by atoms with Crippen LogP contribution in [0.3, 0.4) is 0 Å². The van der Waals surface area contributed by atoms with E-state index in [9.17, 15) is 4.79 Å². The number of pyridine rings is 1. The van der Waals surface area contributed by atoms with Gasteiger partial charge in [0.1, 0.15) is 29.6 Å². The molecule has 1 aromatic carbocycles. The Morgan fingerprint density at radius 1 is 1.05 bits per heavy atom. The standard InChI is InChI=1S/C29H34BrN7O2SSi/c1-41(2,3)18-17-39-20-37-23-9-5-4-8-22(23)32-27(37)25-28(40-29(30)33-25)35-15-13-34(14-16-35)24(38)19-36-12-10-21-7-6-11-31-26(21)36/h4-12H,13-20H2,1-3H3. The fraction of sp³-hybridized carbons (Fsp3) is 0.379. The minimum absolute atomic E-state index is 0.107. The number of rotatable bonds is 9. The van der Waals surface area contributed by atoms with Crippen LogP contribution in [0.1, 0.15) is 0 Å². The summed E-state index contributed by atoms with van der Waals surface area (Å²) in [5, 5.41) is 2.10. The Labute approximate surface area is 252 Å². The van der Waals surface area contributed by atoms with Crippen LogP contribution in [0.15, 0.2) is 58.8 Å². The van der Waals surface area contributed by atoms with E-state index in [1.807, 2.05) is 52.1 Å². The Bertz CT molecular complexity index is 1680. The van der Waals surface area contributed by atoms with Crippen LogP contribution in [0.25, 0.3) is 33.6 Å². The summed E-state index contributed by atoms with van der Waals surface area (Å²) in [5.41, 5.74) is 3.64. The Morgan fingerprint density at radius 2 is 1.85 bits per heavy atom. The van der Waals surface area contributed by atoms with Crippen molar-refractivity contribution in [2.45, 2.75) is 39.0 Å². The SMILES string of the molecule is C[Si](C)(C)CCOCn1c(-c2nc(Br)sc2N2CCN(C(=O)Cn3ccc4cccnc43)CC2)nc2ccccc21. The highest BCUT2D eigenvalue weighted by atomic mass is 79.9. The van der Waals surface area contributed by atoms with Gasteiger partial charge in [-0.25, -0.2) is 15.0 Å². The topological polar surface area (TPSA) is 81.3 Å². The molecule has 6 rings (SSSR count). The fourth-order valence-electron chi connectivity index (χ4n) is 5.12. The minimum atomic E-state index is -1.19. The first kappa shape index (κ1) is 28.1. The Morgan fingerprint density at radius 3 is 2.66 bits per heavy atom. The first-order valence-electron chi connectivity index (χ1n) is 13.9. The quantitative estimate of drug-likeness (QED) is 0.145. The summed E-state index contributed by atoms with van der Waals surface area (Å²) in [6, 6.07) is 15.2. The van der Waals surface area contributed by atoms with Gasteiger partial charge in [-0.1, -0.05) is 43.1 Å². The molecule has 0 bridgehead atoms. The van der Waals surface area contributed by atoms with Crippen molar-refractivity contribution >= 4 is 68.3 Å². The number of carbonyl (C=O) groups excluding carboxylic acids is 1. The number of hydrogen-bond acceptors (Lipinski definition) is 7. The van der Waals surface area contributed by atoms with Crippen molar-refractivity contribution in [1.29, 1.82) is 0 Å². The van der Waals surface area contributed by atoms with Crippen molar-refractivity contribution < 1.29 is 9.53 Å². The number of nitrogens with zero attached hydrogens (tertiary/aromatic N) is 7. The molecule has 0 spiro atoms. The van der Waals surface area contributed by atoms with Gasteiger partial charge in [-0.05, 0) is 52.3 Å². The van der Waals surface area contributed by atoms with Crippen molar-refractivity contribution in [1.82, 2.24) is 29.0 Å². The third kappa shape index (κ3) is 6.10. The second-order valence-corrected chi connectivity index (χ2v) is 19.4. The highest BCUT2D eigenvalue weighted by molar-refractivity contribution is 9.11. The van der Waals surface area contributed by atoms with Crippen molar-refractivity contribution in [2.75, 3.05) is 37.7 Å². The molecule has 214 valence electrons. The molecule has 0 atom stereocenters. The maximum absolute atomic E-state index is 13.2. The summed E-state index contributed by atoms with van der Waals surface area (Å²) >= 11 is 5.24. The van der Waals surface area contributed by atoms with Gasteiger partial charge >= 0.3 is 0 Å². The van der Waals surface area contributed by atoms with Crippen LogP contribution in [0.4, 0.5) is 5.00 Å². The average molecular weight is 653 g/mol. The van der Waals surface area contributed by atoms with Crippen molar-refractivity contribution in [3.63, 3.8) is 0 Å². The number of thiazole rings is 1. The van der Waals surface area contributed by atoms with E-state index in [1.165, 1.54) is 0 Å². The number of aromatic nitrogens is 5. The highest BCUT2D eigenvalue weighted by Gasteiger charge is 2.28. The molecule has 12 heteroatoms. The molecule has 0 saturated carbocycles. The predicted octanol–water partition coefficient (Wildman–Crippen LogP) is 5.93. The summed E-state index contributed by atoms with van der Waals surface area (Å²) in [6.07, 6.45) is 3.70. The largest absolute Gasteiger partial charge is 0.361 e. The molecule has 1 amide bonds. The Hall–Kier alpha value is -3.06. The maximum Gasteiger partial charge on any atom is 0.242 e. The number of fused-ring (bicyclic) bond motifs is 2. The van der Waals surface area contributed by atoms with Gasteiger partial charge in [-0.3, -0.25) is 9.36 Å². The zero-order valence-corrected chi connectivity index (χ0v) is 27.0. The Kier molecular flexibility index (Phi) is 7.99. The first-order valence-corrected chi connectivity index (χ1v) is 19.2. The lowest BCUT2D eigenvalue weighted by Gasteiger charge is -2.35. The van der Waals surface area contributed by atoms with Gasteiger partial charge in [0, 0.05) is 58.6 Å². The van der Waals surface area contributed by atoms with E-state index < -0.39 is 8.07 Å². The Balaban J connectivity index is 1.19. The third-order valence-corrected chi connectivity index (χ3v) is 10.7. The summed E-state index contributed by atoms with van der Waals surface area (Å²) < 4.78 is 11.1.